The number of benzene rings is 2. The molecule has 1 amide bonds. The van der Waals surface area contributed by atoms with Crippen LogP contribution < -0.4 is 5.32 Å². The zero-order valence-electron chi connectivity index (χ0n) is 13.4. The third-order valence-electron chi connectivity index (χ3n) is 4.56. The van der Waals surface area contributed by atoms with Crippen LogP contribution in [0.1, 0.15) is 53.9 Å². The molecule has 5 nitrogen and oxygen atoms in total. The van der Waals surface area contributed by atoms with E-state index in [1.165, 1.54) is 49.8 Å². The van der Waals surface area contributed by atoms with Gasteiger partial charge < -0.3 is 5.32 Å². The van der Waals surface area contributed by atoms with E-state index < -0.39 is 4.92 Å². The second kappa shape index (κ2) is 7.25. The van der Waals surface area contributed by atoms with Gasteiger partial charge in [-0.3, -0.25) is 14.9 Å². The van der Waals surface area contributed by atoms with Crippen LogP contribution in [0, 0.1) is 10.1 Å². The third kappa shape index (κ3) is 3.79. The number of carbonyl (C=O) groups is 1. The minimum absolute atomic E-state index is 0.0413. The largest absolute Gasteiger partial charge is 0.322 e. The Morgan fingerprint density at radius 3 is 2.42 bits per heavy atom. The summed E-state index contributed by atoms with van der Waals surface area (Å²) in [5.41, 5.74) is 2.23. The first-order chi connectivity index (χ1) is 11.6. The minimum atomic E-state index is -0.478. The zero-order valence-corrected chi connectivity index (χ0v) is 13.4. The van der Waals surface area contributed by atoms with Crippen molar-refractivity contribution in [2.24, 2.45) is 0 Å². The van der Waals surface area contributed by atoms with E-state index in [1.54, 1.807) is 12.1 Å². The van der Waals surface area contributed by atoms with Gasteiger partial charge in [-0.05, 0) is 42.5 Å². The summed E-state index contributed by atoms with van der Waals surface area (Å²) in [6.45, 7) is 0. The van der Waals surface area contributed by atoms with Crippen LogP contribution in [0.5, 0.6) is 0 Å². The maximum atomic E-state index is 12.3. The normalized spacial score (nSPS) is 15.0. The molecule has 0 saturated heterocycles. The maximum absolute atomic E-state index is 12.3. The Morgan fingerprint density at radius 2 is 1.75 bits per heavy atom. The highest BCUT2D eigenvalue weighted by Crippen LogP contribution is 2.32. The molecule has 0 radical (unpaired) electrons. The lowest BCUT2D eigenvalue weighted by Gasteiger charge is -2.22. The van der Waals surface area contributed by atoms with Crippen LogP contribution in [0.2, 0.25) is 0 Å². The van der Waals surface area contributed by atoms with Crippen molar-refractivity contribution in [3.63, 3.8) is 0 Å². The van der Waals surface area contributed by atoms with Gasteiger partial charge in [0.15, 0.2) is 0 Å². The SMILES string of the molecule is O=C(Nc1cccc([N+](=O)[O-])c1)c1ccc(C2CCCCC2)cc1. The lowest BCUT2D eigenvalue weighted by molar-refractivity contribution is -0.384. The fourth-order valence-electron chi connectivity index (χ4n) is 3.24. The van der Waals surface area contributed by atoms with E-state index in [2.05, 4.69) is 5.32 Å². The summed E-state index contributed by atoms with van der Waals surface area (Å²) in [6, 6.07) is 13.7. The number of anilines is 1. The number of hydrogen-bond donors (Lipinski definition) is 1. The molecule has 1 aliphatic carbocycles. The number of nitrogens with zero attached hydrogens (tertiary/aromatic N) is 1. The quantitative estimate of drug-likeness (QED) is 0.642. The van der Waals surface area contributed by atoms with E-state index in [0.717, 1.165) is 0 Å². The van der Waals surface area contributed by atoms with Gasteiger partial charge in [0, 0.05) is 23.4 Å². The molecule has 2 aromatic rings. The highest BCUT2D eigenvalue weighted by atomic mass is 16.6. The number of nitro benzene ring substituents is 1. The Bertz CT molecular complexity index is 735. The van der Waals surface area contributed by atoms with Crippen LogP contribution in [-0.4, -0.2) is 10.8 Å². The summed E-state index contributed by atoms with van der Waals surface area (Å²) < 4.78 is 0. The molecule has 1 fully saturated rings. The van der Waals surface area contributed by atoms with Crippen molar-refractivity contribution in [1.82, 2.24) is 0 Å². The van der Waals surface area contributed by atoms with E-state index in [9.17, 15) is 14.9 Å². The molecule has 2 aromatic carbocycles. The smallest absolute Gasteiger partial charge is 0.271 e. The van der Waals surface area contributed by atoms with Crippen molar-refractivity contribution in [2.75, 3.05) is 5.32 Å². The van der Waals surface area contributed by atoms with Gasteiger partial charge >= 0.3 is 0 Å². The van der Waals surface area contributed by atoms with Crippen molar-refractivity contribution < 1.29 is 9.72 Å². The number of carbonyl (C=O) groups excluding carboxylic acids is 1. The molecule has 5 heteroatoms. The molecule has 3 rings (SSSR count). The van der Waals surface area contributed by atoms with Gasteiger partial charge in [0.2, 0.25) is 0 Å². The summed E-state index contributed by atoms with van der Waals surface area (Å²) in [5, 5.41) is 13.5. The van der Waals surface area contributed by atoms with Crippen LogP contribution in [0.25, 0.3) is 0 Å². The lowest BCUT2D eigenvalue weighted by Crippen LogP contribution is -2.12. The molecule has 1 aliphatic rings. The van der Waals surface area contributed by atoms with Crippen LogP contribution in [0.4, 0.5) is 11.4 Å². The summed E-state index contributed by atoms with van der Waals surface area (Å²) in [7, 11) is 0. The fourth-order valence-corrected chi connectivity index (χ4v) is 3.24. The standard InChI is InChI=1S/C19H20N2O3/c22-19(20-17-7-4-8-18(13-17)21(23)24)16-11-9-15(10-12-16)14-5-2-1-3-6-14/h4,7-14H,1-3,5-6H2,(H,20,22). The van der Waals surface area contributed by atoms with Crippen molar-refractivity contribution >= 4 is 17.3 Å². The number of non-ortho nitro benzene ring substituents is 1. The van der Waals surface area contributed by atoms with Crippen molar-refractivity contribution in [2.45, 2.75) is 38.0 Å². The molecule has 24 heavy (non-hydrogen) atoms. The molecule has 1 saturated carbocycles. The first kappa shape index (κ1) is 16.2. The zero-order chi connectivity index (χ0) is 16.9. The monoisotopic (exact) mass is 324 g/mol. The molecule has 0 spiro atoms. The van der Waals surface area contributed by atoms with E-state index >= 15 is 0 Å². The predicted octanol–water partition coefficient (Wildman–Crippen LogP) is 4.89. The Balaban J connectivity index is 1.68. The fraction of sp³-hybridized carbons (Fsp3) is 0.316. The summed E-state index contributed by atoms with van der Waals surface area (Å²) in [5.74, 6) is 0.346. The lowest BCUT2D eigenvalue weighted by atomic mass is 9.84. The second-order valence-electron chi connectivity index (χ2n) is 6.22. The second-order valence-corrected chi connectivity index (χ2v) is 6.22. The Morgan fingerprint density at radius 1 is 1.04 bits per heavy atom. The Hall–Kier alpha value is -2.69. The molecule has 0 aromatic heterocycles. The Kier molecular flexibility index (Phi) is 4.89. The van der Waals surface area contributed by atoms with Gasteiger partial charge in [0.1, 0.15) is 0 Å². The average Bonchev–Trinajstić information content (AvgIpc) is 2.63. The van der Waals surface area contributed by atoms with Crippen LogP contribution in [0.3, 0.4) is 0 Å². The molecule has 1 N–H and O–H groups in total. The van der Waals surface area contributed by atoms with E-state index in [4.69, 9.17) is 0 Å². The average molecular weight is 324 g/mol. The number of amides is 1. The van der Waals surface area contributed by atoms with E-state index in [-0.39, 0.29) is 11.6 Å². The van der Waals surface area contributed by atoms with Crippen LogP contribution in [0.15, 0.2) is 48.5 Å². The van der Waals surface area contributed by atoms with Gasteiger partial charge in [0.25, 0.3) is 11.6 Å². The van der Waals surface area contributed by atoms with Crippen molar-refractivity contribution in [3.05, 3.63) is 69.8 Å². The van der Waals surface area contributed by atoms with E-state index in [1.807, 2.05) is 24.3 Å². The predicted molar refractivity (Wildman–Crippen MR) is 93.3 cm³/mol. The molecule has 0 atom stereocenters. The highest BCUT2D eigenvalue weighted by Gasteiger charge is 2.16. The van der Waals surface area contributed by atoms with Crippen LogP contribution >= 0.6 is 0 Å². The van der Waals surface area contributed by atoms with Crippen molar-refractivity contribution in [1.29, 1.82) is 0 Å². The van der Waals surface area contributed by atoms with Gasteiger partial charge in [0.05, 0.1) is 4.92 Å². The minimum Gasteiger partial charge on any atom is -0.322 e. The number of rotatable bonds is 4. The Labute approximate surface area is 140 Å². The number of nitrogens with one attached hydrogen (secondary N) is 1. The summed E-state index contributed by atoms with van der Waals surface area (Å²) in [6.07, 6.45) is 6.32. The number of hydrogen-bond acceptors (Lipinski definition) is 3. The molecule has 124 valence electrons. The topological polar surface area (TPSA) is 72.2 Å². The maximum Gasteiger partial charge on any atom is 0.271 e. The molecule has 0 unspecified atom stereocenters. The van der Waals surface area contributed by atoms with Gasteiger partial charge in [-0.25, -0.2) is 0 Å². The van der Waals surface area contributed by atoms with Crippen LogP contribution in [-0.2, 0) is 0 Å². The van der Waals surface area contributed by atoms with Gasteiger partial charge in [-0.2, -0.15) is 0 Å². The molecule has 0 heterocycles. The molecule has 0 bridgehead atoms. The molecular weight excluding hydrogens is 304 g/mol. The van der Waals surface area contributed by atoms with E-state index in [0.29, 0.717) is 17.2 Å². The molecular formula is C19H20N2O3. The molecule has 0 aliphatic heterocycles. The first-order valence-corrected chi connectivity index (χ1v) is 8.29. The summed E-state index contributed by atoms with van der Waals surface area (Å²) in [4.78, 5) is 22.6. The van der Waals surface area contributed by atoms with Gasteiger partial charge in [-0.1, -0.05) is 37.5 Å². The first-order valence-electron chi connectivity index (χ1n) is 8.29. The highest BCUT2D eigenvalue weighted by molar-refractivity contribution is 6.04. The van der Waals surface area contributed by atoms with Gasteiger partial charge in [-0.15, -0.1) is 0 Å². The number of nitro groups is 1. The van der Waals surface area contributed by atoms with Crippen molar-refractivity contribution in [3.8, 4) is 0 Å². The summed E-state index contributed by atoms with van der Waals surface area (Å²) >= 11 is 0. The third-order valence-corrected chi connectivity index (χ3v) is 4.56.